The molecule has 6 nitrogen and oxygen atoms in total. The highest BCUT2D eigenvalue weighted by atomic mass is 32.2. The molecule has 1 aliphatic rings. The Morgan fingerprint density at radius 3 is 2.34 bits per heavy atom. The molecule has 1 heterocycles. The number of sulfonamides is 1. The summed E-state index contributed by atoms with van der Waals surface area (Å²) < 4.78 is 32.5. The fourth-order valence-electron chi connectivity index (χ4n) is 3.21. The van der Waals surface area contributed by atoms with Crippen molar-refractivity contribution in [3.8, 4) is 5.75 Å². The molecule has 0 N–H and O–H groups in total. The van der Waals surface area contributed by atoms with E-state index in [1.54, 1.807) is 17.0 Å². The average molecular weight is 417 g/mol. The van der Waals surface area contributed by atoms with E-state index in [2.05, 4.69) is 13.8 Å². The molecule has 0 bridgehead atoms. The van der Waals surface area contributed by atoms with Crippen molar-refractivity contribution in [3.63, 3.8) is 0 Å². The Labute approximate surface area is 173 Å². The Bertz CT molecular complexity index is 921. The molecule has 0 saturated carbocycles. The third kappa shape index (κ3) is 5.81. The van der Waals surface area contributed by atoms with Crippen molar-refractivity contribution in [2.24, 2.45) is 5.92 Å². The Morgan fingerprint density at radius 2 is 1.69 bits per heavy atom. The van der Waals surface area contributed by atoms with Gasteiger partial charge in [-0.25, -0.2) is 8.42 Å². The average Bonchev–Trinajstić information content (AvgIpc) is 2.72. The van der Waals surface area contributed by atoms with E-state index in [9.17, 15) is 13.2 Å². The minimum atomic E-state index is -3.40. The highest BCUT2D eigenvalue weighted by molar-refractivity contribution is 7.88. The van der Waals surface area contributed by atoms with Crippen molar-refractivity contribution >= 4 is 15.9 Å². The lowest BCUT2D eigenvalue weighted by atomic mass is 10.1. The van der Waals surface area contributed by atoms with E-state index >= 15 is 0 Å². The highest BCUT2D eigenvalue weighted by Crippen LogP contribution is 2.18. The summed E-state index contributed by atoms with van der Waals surface area (Å²) in [4.78, 5) is 14.5. The monoisotopic (exact) mass is 416 g/mol. The number of benzene rings is 2. The van der Waals surface area contributed by atoms with Crippen LogP contribution in [0.5, 0.6) is 5.75 Å². The van der Waals surface area contributed by atoms with Gasteiger partial charge in [-0.05, 0) is 29.7 Å². The maximum absolute atomic E-state index is 12.8. The van der Waals surface area contributed by atoms with Crippen LogP contribution in [0.4, 0.5) is 0 Å². The fraction of sp³-hybridized carbons (Fsp3) is 0.409. The molecule has 2 aromatic rings. The van der Waals surface area contributed by atoms with Crippen molar-refractivity contribution in [1.82, 2.24) is 9.21 Å². The number of hydrogen-bond acceptors (Lipinski definition) is 4. The lowest BCUT2D eigenvalue weighted by molar-refractivity contribution is 0.0697. The topological polar surface area (TPSA) is 66.9 Å². The van der Waals surface area contributed by atoms with Crippen LogP contribution in [0.15, 0.2) is 54.6 Å². The van der Waals surface area contributed by atoms with Crippen LogP contribution in [-0.4, -0.2) is 56.3 Å². The third-order valence-corrected chi connectivity index (χ3v) is 6.63. The van der Waals surface area contributed by atoms with Crippen LogP contribution >= 0.6 is 0 Å². The van der Waals surface area contributed by atoms with Crippen molar-refractivity contribution < 1.29 is 17.9 Å². The lowest BCUT2D eigenvalue weighted by Gasteiger charge is -2.34. The van der Waals surface area contributed by atoms with Gasteiger partial charge in [0, 0.05) is 31.7 Å². The van der Waals surface area contributed by atoms with Gasteiger partial charge in [-0.3, -0.25) is 4.79 Å². The van der Waals surface area contributed by atoms with E-state index in [0.29, 0.717) is 50.0 Å². The molecule has 0 atom stereocenters. The van der Waals surface area contributed by atoms with E-state index in [1.165, 1.54) is 4.31 Å². The first kappa shape index (κ1) is 21.3. The zero-order valence-corrected chi connectivity index (χ0v) is 17.8. The van der Waals surface area contributed by atoms with Gasteiger partial charge in [-0.15, -0.1) is 0 Å². The van der Waals surface area contributed by atoms with Gasteiger partial charge in [0.15, 0.2) is 0 Å². The van der Waals surface area contributed by atoms with Gasteiger partial charge in [0.1, 0.15) is 5.75 Å². The van der Waals surface area contributed by atoms with E-state index in [4.69, 9.17) is 4.74 Å². The zero-order chi connectivity index (χ0) is 20.9. The third-order valence-electron chi connectivity index (χ3n) is 4.78. The van der Waals surface area contributed by atoms with Gasteiger partial charge in [0.2, 0.25) is 10.0 Å². The Morgan fingerprint density at radius 1 is 1.00 bits per heavy atom. The van der Waals surface area contributed by atoms with Crippen LogP contribution in [0, 0.1) is 5.92 Å². The molecule has 0 aliphatic carbocycles. The molecule has 1 amide bonds. The van der Waals surface area contributed by atoms with Crippen molar-refractivity contribution in [3.05, 3.63) is 65.7 Å². The second-order valence-corrected chi connectivity index (χ2v) is 9.63. The molecule has 0 radical (unpaired) electrons. The van der Waals surface area contributed by atoms with Crippen LogP contribution in [0.2, 0.25) is 0 Å². The summed E-state index contributed by atoms with van der Waals surface area (Å²) in [6.45, 7) is 6.11. The molecule has 1 fully saturated rings. The summed E-state index contributed by atoms with van der Waals surface area (Å²) in [5.41, 5.74) is 1.33. The number of hydrogen-bond donors (Lipinski definition) is 0. The van der Waals surface area contributed by atoms with Crippen LogP contribution in [0.1, 0.15) is 29.8 Å². The number of ether oxygens (including phenoxy) is 1. The zero-order valence-electron chi connectivity index (χ0n) is 17.0. The fourth-order valence-corrected chi connectivity index (χ4v) is 4.73. The normalized spacial score (nSPS) is 15.5. The molecule has 1 saturated heterocycles. The summed E-state index contributed by atoms with van der Waals surface area (Å²) in [5, 5.41) is 0. The molecule has 7 heteroatoms. The maximum Gasteiger partial charge on any atom is 0.254 e. The quantitative estimate of drug-likeness (QED) is 0.696. The summed E-state index contributed by atoms with van der Waals surface area (Å²) in [6, 6.07) is 16.3. The van der Waals surface area contributed by atoms with E-state index < -0.39 is 10.0 Å². The minimum Gasteiger partial charge on any atom is -0.493 e. The molecule has 29 heavy (non-hydrogen) atoms. The molecule has 2 aromatic carbocycles. The van der Waals surface area contributed by atoms with E-state index in [1.807, 2.05) is 42.5 Å². The van der Waals surface area contributed by atoms with Gasteiger partial charge in [-0.1, -0.05) is 50.2 Å². The summed E-state index contributed by atoms with van der Waals surface area (Å²) in [6.07, 6.45) is 0. The Balaban J connectivity index is 1.59. The SMILES string of the molecule is CC(C)COc1cccc(C(=O)N2CCN(S(=O)(=O)Cc3ccccc3)CC2)c1. The number of nitrogens with zero attached hydrogens (tertiary/aromatic N) is 2. The predicted octanol–water partition coefficient (Wildman–Crippen LogP) is 3.01. The van der Waals surface area contributed by atoms with Crippen LogP contribution in [0.25, 0.3) is 0 Å². The highest BCUT2D eigenvalue weighted by Gasteiger charge is 2.29. The molecule has 0 unspecified atom stereocenters. The van der Waals surface area contributed by atoms with Crippen molar-refractivity contribution in [2.45, 2.75) is 19.6 Å². The van der Waals surface area contributed by atoms with Crippen LogP contribution < -0.4 is 4.74 Å². The first-order valence-corrected chi connectivity index (χ1v) is 11.5. The standard InChI is InChI=1S/C22H28N2O4S/c1-18(2)16-28-21-10-6-9-20(15-21)22(25)23-11-13-24(14-12-23)29(26,27)17-19-7-4-3-5-8-19/h3-10,15,18H,11-14,16-17H2,1-2H3. The Kier molecular flexibility index (Phi) is 6.92. The second kappa shape index (κ2) is 9.41. The first-order valence-electron chi connectivity index (χ1n) is 9.89. The van der Waals surface area contributed by atoms with Crippen LogP contribution in [-0.2, 0) is 15.8 Å². The summed E-state index contributed by atoms with van der Waals surface area (Å²) in [7, 11) is -3.40. The van der Waals surface area contributed by atoms with Crippen molar-refractivity contribution in [2.75, 3.05) is 32.8 Å². The first-order chi connectivity index (χ1) is 13.8. The van der Waals surface area contributed by atoms with Gasteiger partial charge in [0.25, 0.3) is 5.91 Å². The van der Waals surface area contributed by atoms with Crippen LogP contribution in [0.3, 0.4) is 0 Å². The van der Waals surface area contributed by atoms with Gasteiger partial charge < -0.3 is 9.64 Å². The summed E-state index contributed by atoms with van der Waals surface area (Å²) >= 11 is 0. The Hall–Kier alpha value is -2.38. The molecular formula is C22H28N2O4S. The van der Waals surface area contributed by atoms with E-state index in [-0.39, 0.29) is 11.7 Å². The molecule has 3 rings (SSSR count). The van der Waals surface area contributed by atoms with Gasteiger partial charge >= 0.3 is 0 Å². The number of carbonyl (C=O) groups is 1. The molecule has 0 aromatic heterocycles. The predicted molar refractivity (Wildman–Crippen MR) is 113 cm³/mol. The minimum absolute atomic E-state index is 0.0168. The number of piperazine rings is 1. The lowest BCUT2D eigenvalue weighted by Crippen LogP contribution is -2.50. The van der Waals surface area contributed by atoms with Crippen molar-refractivity contribution in [1.29, 1.82) is 0 Å². The van der Waals surface area contributed by atoms with Gasteiger partial charge in [0.05, 0.1) is 12.4 Å². The van der Waals surface area contributed by atoms with E-state index in [0.717, 1.165) is 5.56 Å². The second-order valence-electron chi connectivity index (χ2n) is 7.67. The number of rotatable bonds is 7. The molecule has 0 spiro atoms. The molecule has 1 aliphatic heterocycles. The van der Waals surface area contributed by atoms with Gasteiger partial charge in [-0.2, -0.15) is 4.31 Å². The molecular weight excluding hydrogens is 388 g/mol. The smallest absolute Gasteiger partial charge is 0.254 e. The number of carbonyl (C=O) groups excluding carboxylic acids is 1. The maximum atomic E-state index is 12.8. The summed E-state index contributed by atoms with van der Waals surface area (Å²) in [5.74, 6) is 0.964. The molecule has 156 valence electrons. The largest absolute Gasteiger partial charge is 0.493 e. The number of amides is 1.